The Kier molecular flexibility index (Phi) is 5.58. The van der Waals surface area contributed by atoms with Gasteiger partial charge in [0.15, 0.2) is 0 Å². The highest BCUT2D eigenvalue weighted by atomic mass is 35.5. The summed E-state index contributed by atoms with van der Waals surface area (Å²) in [6, 6.07) is 8.77. The zero-order valence-electron chi connectivity index (χ0n) is 10.3. The second-order valence-corrected chi connectivity index (χ2v) is 4.67. The van der Waals surface area contributed by atoms with Crippen LogP contribution in [0.5, 0.6) is 0 Å². The van der Waals surface area contributed by atoms with Crippen LogP contribution in [0, 0.1) is 0 Å². The first-order valence-electron chi connectivity index (χ1n) is 5.69. The van der Waals surface area contributed by atoms with Gasteiger partial charge in [-0.15, -0.1) is 0 Å². The van der Waals surface area contributed by atoms with Crippen LogP contribution in [0.2, 0.25) is 0 Å². The predicted molar refractivity (Wildman–Crippen MR) is 71.8 cm³/mol. The first kappa shape index (κ1) is 13.3. The molecule has 1 aromatic carbocycles. The molecule has 0 saturated heterocycles. The maximum atomic E-state index is 5.59. The van der Waals surface area contributed by atoms with E-state index in [1.54, 1.807) is 5.54 Å². The van der Waals surface area contributed by atoms with E-state index in [0.717, 1.165) is 18.7 Å². The summed E-state index contributed by atoms with van der Waals surface area (Å²) in [4.78, 5) is 0. The summed E-state index contributed by atoms with van der Waals surface area (Å²) >= 11 is 5.59. The van der Waals surface area contributed by atoms with Gasteiger partial charge in [0.05, 0.1) is 0 Å². The van der Waals surface area contributed by atoms with Crippen LogP contribution in [-0.4, -0.2) is 6.54 Å². The molecule has 0 unspecified atom stereocenters. The van der Waals surface area contributed by atoms with E-state index in [1.165, 1.54) is 11.1 Å². The Labute approximate surface area is 104 Å². The molecule has 0 aliphatic heterocycles. The monoisotopic (exact) mass is 237 g/mol. The Bertz CT molecular complexity index is 338. The third-order valence-corrected chi connectivity index (χ3v) is 2.94. The molecule has 0 aromatic heterocycles. The summed E-state index contributed by atoms with van der Waals surface area (Å²) < 4.78 is 0. The van der Waals surface area contributed by atoms with Crippen molar-refractivity contribution < 1.29 is 0 Å². The molecule has 0 bridgehead atoms. The van der Waals surface area contributed by atoms with Gasteiger partial charge < -0.3 is 5.32 Å². The van der Waals surface area contributed by atoms with Crippen LogP contribution >= 0.6 is 11.6 Å². The molecule has 0 heterocycles. The van der Waals surface area contributed by atoms with Crippen molar-refractivity contribution in [1.29, 1.82) is 0 Å². The molecule has 0 aliphatic carbocycles. The van der Waals surface area contributed by atoms with Crippen molar-refractivity contribution in [2.24, 2.45) is 0 Å². The van der Waals surface area contributed by atoms with Gasteiger partial charge in [0, 0.05) is 18.6 Å². The summed E-state index contributed by atoms with van der Waals surface area (Å²) in [5.41, 5.74) is 5.47. The minimum Gasteiger partial charge on any atom is -0.309 e. The molecule has 0 saturated carbocycles. The van der Waals surface area contributed by atoms with Crippen LogP contribution in [0.1, 0.15) is 37.8 Å². The smallest absolute Gasteiger partial charge is 0.0208 e. The van der Waals surface area contributed by atoms with Crippen molar-refractivity contribution in [3.05, 3.63) is 46.5 Å². The van der Waals surface area contributed by atoms with Crippen molar-refractivity contribution >= 4 is 11.6 Å². The van der Waals surface area contributed by atoms with Crippen molar-refractivity contribution in [3.8, 4) is 0 Å². The topological polar surface area (TPSA) is 12.0 Å². The highest BCUT2D eigenvalue weighted by molar-refractivity contribution is 6.25. The molecule has 0 fully saturated rings. The van der Waals surface area contributed by atoms with E-state index in [4.69, 9.17) is 11.6 Å². The van der Waals surface area contributed by atoms with E-state index < -0.39 is 0 Å². The van der Waals surface area contributed by atoms with Crippen LogP contribution in [-0.2, 0) is 6.54 Å². The molecule has 0 radical (unpaired) electrons. The molecule has 2 heteroatoms. The number of nitrogens with one attached hydrogen (secondary N) is 1. The van der Waals surface area contributed by atoms with Crippen LogP contribution < -0.4 is 5.32 Å². The van der Waals surface area contributed by atoms with Gasteiger partial charge in [0.25, 0.3) is 0 Å². The van der Waals surface area contributed by atoms with Crippen molar-refractivity contribution in [2.45, 2.75) is 33.2 Å². The summed E-state index contributed by atoms with van der Waals surface area (Å²) in [5, 5.41) is 3.35. The lowest BCUT2D eigenvalue weighted by molar-refractivity contribution is 0.739. The van der Waals surface area contributed by atoms with Gasteiger partial charge in [-0.2, -0.15) is 0 Å². The van der Waals surface area contributed by atoms with Crippen LogP contribution in [0.15, 0.2) is 35.4 Å². The van der Waals surface area contributed by atoms with Crippen molar-refractivity contribution in [1.82, 2.24) is 5.32 Å². The third-order valence-electron chi connectivity index (χ3n) is 2.57. The van der Waals surface area contributed by atoms with E-state index in [-0.39, 0.29) is 0 Å². The molecular weight excluding hydrogens is 218 g/mol. The first-order valence-corrected chi connectivity index (χ1v) is 6.12. The lowest BCUT2D eigenvalue weighted by Gasteiger charge is -2.08. The van der Waals surface area contributed by atoms with Crippen LogP contribution in [0.4, 0.5) is 0 Å². The second-order valence-electron chi connectivity index (χ2n) is 4.46. The summed E-state index contributed by atoms with van der Waals surface area (Å²) in [6.07, 6.45) is 0. The highest BCUT2D eigenvalue weighted by Crippen LogP contribution is 2.14. The third kappa shape index (κ3) is 4.38. The van der Waals surface area contributed by atoms with Gasteiger partial charge in [0.2, 0.25) is 0 Å². The predicted octanol–water partition coefficient (Wildman–Crippen LogP) is 4.04. The number of rotatable bonds is 5. The minimum atomic E-state index is 0.600. The molecule has 1 rings (SSSR count). The second kappa shape index (κ2) is 6.72. The molecule has 0 aliphatic rings. The average Bonchev–Trinajstić information content (AvgIpc) is 2.29. The fraction of sp³-hybridized carbons (Fsp3) is 0.429. The Hall–Kier alpha value is -0.790. The Morgan fingerprint density at radius 3 is 2.44 bits per heavy atom. The molecule has 1 nitrogen and oxygen atoms in total. The van der Waals surface area contributed by atoms with E-state index in [0.29, 0.717) is 5.92 Å². The number of halogens is 1. The average molecular weight is 238 g/mol. The van der Waals surface area contributed by atoms with Gasteiger partial charge in [0.1, 0.15) is 0 Å². The molecular formula is C14H20ClN. The van der Waals surface area contributed by atoms with Gasteiger partial charge in [-0.05, 0) is 29.5 Å². The zero-order chi connectivity index (χ0) is 12.0. The number of hydrogen-bond acceptors (Lipinski definition) is 1. The summed E-state index contributed by atoms with van der Waals surface area (Å²) in [7, 11) is 0. The standard InChI is InChI=1S/C14H20ClN/c1-11(2)14-6-4-13(5-7-14)10-16-9-12(3)8-15/h4-8,11,16H,9-10H2,1-3H3/b12-8+. The zero-order valence-corrected chi connectivity index (χ0v) is 11.0. The molecule has 88 valence electrons. The normalized spacial score (nSPS) is 12.2. The Balaban J connectivity index is 2.43. The highest BCUT2D eigenvalue weighted by Gasteiger charge is 1.98. The summed E-state index contributed by atoms with van der Waals surface area (Å²) in [5.74, 6) is 0.600. The van der Waals surface area contributed by atoms with Gasteiger partial charge in [-0.25, -0.2) is 0 Å². The van der Waals surface area contributed by atoms with E-state index in [1.807, 2.05) is 6.92 Å². The first-order chi connectivity index (χ1) is 7.63. The minimum absolute atomic E-state index is 0.600. The fourth-order valence-corrected chi connectivity index (χ4v) is 1.54. The summed E-state index contributed by atoms with van der Waals surface area (Å²) in [6.45, 7) is 8.17. The van der Waals surface area contributed by atoms with E-state index in [2.05, 4.69) is 43.4 Å². The van der Waals surface area contributed by atoms with Crippen molar-refractivity contribution in [2.75, 3.05) is 6.54 Å². The van der Waals surface area contributed by atoms with Gasteiger partial charge in [-0.3, -0.25) is 0 Å². The Morgan fingerprint density at radius 1 is 1.31 bits per heavy atom. The molecule has 1 aromatic rings. The van der Waals surface area contributed by atoms with Gasteiger partial charge >= 0.3 is 0 Å². The van der Waals surface area contributed by atoms with Crippen LogP contribution in [0.25, 0.3) is 0 Å². The van der Waals surface area contributed by atoms with Crippen LogP contribution in [0.3, 0.4) is 0 Å². The lowest BCUT2D eigenvalue weighted by Crippen LogP contribution is -2.15. The number of hydrogen-bond donors (Lipinski definition) is 1. The molecule has 0 spiro atoms. The molecule has 16 heavy (non-hydrogen) atoms. The maximum absolute atomic E-state index is 5.59. The largest absolute Gasteiger partial charge is 0.309 e. The lowest BCUT2D eigenvalue weighted by atomic mass is 10.0. The number of benzene rings is 1. The molecule has 0 atom stereocenters. The van der Waals surface area contributed by atoms with E-state index in [9.17, 15) is 0 Å². The fourth-order valence-electron chi connectivity index (χ4n) is 1.46. The quantitative estimate of drug-likeness (QED) is 0.815. The van der Waals surface area contributed by atoms with E-state index >= 15 is 0 Å². The maximum Gasteiger partial charge on any atom is 0.0208 e. The SMILES string of the molecule is C/C(=C\Cl)CNCc1ccc(C(C)C)cc1. The van der Waals surface area contributed by atoms with Gasteiger partial charge in [-0.1, -0.05) is 49.7 Å². The molecule has 1 N–H and O–H groups in total. The molecule has 0 amide bonds. The van der Waals surface area contributed by atoms with Crippen molar-refractivity contribution in [3.63, 3.8) is 0 Å². The Morgan fingerprint density at radius 2 is 1.94 bits per heavy atom.